The number of nitrogens with zero attached hydrogens (tertiary/aromatic N) is 1. The molecule has 0 bridgehead atoms. The van der Waals surface area contributed by atoms with Crippen LogP contribution < -0.4 is 5.32 Å². The SMILES string of the molecule is O=C1Nc2cc(Cl)ccc2/C1=C\c1ccccn1. The molecule has 2 heterocycles. The molecule has 0 saturated carbocycles. The standard InChI is InChI=1S/C14H9ClN2O/c15-9-4-5-11-12(14(18)17-13(11)7-9)8-10-3-1-2-6-16-10/h1-8H,(H,17,18)/b12-8+. The zero-order valence-electron chi connectivity index (χ0n) is 9.35. The molecule has 1 amide bonds. The van der Waals surface area contributed by atoms with Crippen LogP contribution in [0.4, 0.5) is 5.69 Å². The minimum atomic E-state index is -0.127. The number of hydrogen-bond acceptors (Lipinski definition) is 2. The fourth-order valence-electron chi connectivity index (χ4n) is 1.92. The van der Waals surface area contributed by atoms with E-state index >= 15 is 0 Å². The molecule has 1 aromatic carbocycles. The second-order valence-corrected chi connectivity index (χ2v) is 4.39. The summed E-state index contributed by atoms with van der Waals surface area (Å²) < 4.78 is 0. The van der Waals surface area contributed by atoms with Crippen LogP contribution in [0.5, 0.6) is 0 Å². The van der Waals surface area contributed by atoms with E-state index in [2.05, 4.69) is 10.3 Å². The molecule has 0 saturated heterocycles. The van der Waals surface area contributed by atoms with Gasteiger partial charge in [0.25, 0.3) is 5.91 Å². The summed E-state index contributed by atoms with van der Waals surface area (Å²) in [5.41, 5.74) is 2.97. The summed E-state index contributed by atoms with van der Waals surface area (Å²) in [6.07, 6.45) is 3.47. The van der Waals surface area contributed by atoms with Crippen molar-refractivity contribution in [3.63, 3.8) is 0 Å². The molecule has 0 fully saturated rings. The highest BCUT2D eigenvalue weighted by Gasteiger charge is 2.24. The minimum Gasteiger partial charge on any atom is -0.321 e. The first-order valence-corrected chi connectivity index (χ1v) is 5.86. The molecule has 1 aromatic heterocycles. The minimum absolute atomic E-state index is 0.127. The number of halogens is 1. The van der Waals surface area contributed by atoms with Crippen molar-refractivity contribution < 1.29 is 4.79 Å². The first-order chi connectivity index (χ1) is 8.74. The number of benzene rings is 1. The number of rotatable bonds is 1. The van der Waals surface area contributed by atoms with Crippen LogP contribution in [0.2, 0.25) is 5.02 Å². The molecular weight excluding hydrogens is 248 g/mol. The van der Waals surface area contributed by atoms with Crippen LogP contribution in [0.15, 0.2) is 42.6 Å². The lowest BCUT2D eigenvalue weighted by molar-refractivity contribution is -0.110. The second-order valence-electron chi connectivity index (χ2n) is 3.96. The molecule has 18 heavy (non-hydrogen) atoms. The Kier molecular flexibility index (Phi) is 2.61. The third kappa shape index (κ3) is 1.89. The van der Waals surface area contributed by atoms with Crippen molar-refractivity contribution in [1.82, 2.24) is 4.98 Å². The molecule has 0 aliphatic carbocycles. The van der Waals surface area contributed by atoms with Crippen LogP contribution >= 0.6 is 11.6 Å². The van der Waals surface area contributed by atoms with Gasteiger partial charge in [-0.3, -0.25) is 9.78 Å². The Labute approximate surface area is 109 Å². The van der Waals surface area contributed by atoms with Crippen LogP contribution in [-0.2, 0) is 4.79 Å². The fraction of sp³-hybridized carbons (Fsp3) is 0. The predicted octanol–water partition coefficient (Wildman–Crippen LogP) is 3.23. The Bertz CT molecular complexity index is 650. The van der Waals surface area contributed by atoms with E-state index in [1.165, 1.54) is 0 Å². The number of amides is 1. The molecular formula is C14H9ClN2O. The first-order valence-electron chi connectivity index (χ1n) is 5.48. The molecule has 2 aromatic rings. The largest absolute Gasteiger partial charge is 0.321 e. The lowest BCUT2D eigenvalue weighted by Gasteiger charge is -1.98. The van der Waals surface area contributed by atoms with E-state index in [4.69, 9.17) is 11.6 Å². The zero-order chi connectivity index (χ0) is 12.5. The molecule has 1 N–H and O–H groups in total. The van der Waals surface area contributed by atoms with Gasteiger partial charge in [0, 0.05) is 16.8 Å². The molecule has 4 heteroatoms. The summed E-state index contributed by atoms with van der Waals surface area (Å²) >= 11 is 5.90. The number of aromatic nitrogens is 1. The van der Waals surface area contributed by atoms with E-state index in [0.29, 0.717) is 10.6 Å². The number of hydrogen-bond donors (Lipinski definition) is 1. The van der Waals surface area contributed by atoms with Crippen molar-refractivity contribution in [2.75, 3.05) is 5.32 Å². The Balaban J connectivity index is 2.10. The molecule has 3 nitrogen and oxygen atoms in total. The fourth-order valence-corrected chi connectivity index (χ4v) is 2.09. The summed E-state index contributed by atoms with van der Waals surface area (Å²) in [5.74, 6) is -0.127. The second kappa shape index (κ2) is 4.27. The average Bonchev–Trinajstić information content (AvgIpc) is 2.66. The number of pyridine rings is 1. The summed E-state index contributed by atoms with van der Waals surface area (Å²) in [5, 5.41) is 3.39. The average molecular weight is 257 g/mol. The number of anilines is 1. The van der Waals surface area contributed by atoms with Crippen molar-refractivity contribution in [3.05, 3.63) is 58.9 Å². The van der Waals surface area contributed by atoms with Gasteiger partial charge in [0.1, 0.15) is 0 Å². The van der Waals surface area contributed by atoms with Gasteiger partial charge in [-0.25, -0.2) is 0 Å². The monoisotopic (exact) mass is 256 g/mol. The lowest BCUT2D eigenvalue weighted by Crippen LogP contribution is -2.03. The van der Waals surface area contributed by atoms with Crippen LogP contribution in [0.25, 0.3) is 11.6 Å². The summed E-state index contributed by atoms with van der Waals surface area (Å²) in [7, 11) is 0. The predicted molar refractivity (Wildman–Crippen MR) is 72.2 cm³/mol. The van der Waals surface area contributed by atoms with Crippen molar-refractivity contribution in [2.24, 2.45) is 0 Å². The van der Waals surface area contributed by atoms with Gasteiger partial charge in [-0.05, 0) is 30.3 Å². The Hall–Kier alpha value is -2.13. The summed E-state index contributed by atoms with van der Waals surface area (Å²) in [6.45, 7) is 0. The zero-order valence-corrected chi connectivity index (χ0v) is 10.1. The molecule has 0 unspecified atom stereocenters. The molecule has 1 aliphatic heterocycles. The molecule has 0 atom stereocenters. The number of carbonyl (C=O) groups is 1. The van der Waals surface area contributed by atoms with Gasteiger partial charge < -0.3 is 5.32 Å². The van der Waals surface area contributed by atoms with E-state index in [1.807, 2.05) is 24.3 Å². The van der Waals surface area contributed by atoms with E-state index in [-0.39, 0.29) is 5.91 Å². The van der Waals surface area contributed by atoms with Crippen LogP contribution in [0.1, 0.15) is 11.3 Å². The molecule has 0 spiro atoms. The van der Waals surface area contributed by atoms with Gasteiger partial charge in [0.05, 0.1) is 17.0 Å². The third-order valence-corrected chi connectivity index (χ3v) is 2.98. The molecule has 88 valence electrons. The number of carbonyl (C=O) groups excluding carboxylic acids is 1. The topological polar surface area (TPSA) is 42.0 Å². The smallest absolute Gasteiger partial charge is 0.256 e. The molecule has 0 radical (unpaired) electrons. The maximum atomic E-state index is 11.9. The highest BCUT2D eigenvalue weighted by atomic mass is 35.5. The van der Waals surface area contributed by atoms with Gasteiger partial charge in [0.15, 0.2) is 0 Å². The van der Waals surface area contributed by atoms with Crippen LogP contribution in [0, 0.1) is 0 Å². The molecule has 3 rings (SSSR count). The van der Waals surface area contributed by atoms with Gasteiger partial charge in [-0.15, -0.1) is 0 Å². The number of nitrogens with one attached hydrogen (secondary N) is 1. The quantitative estimate of drug-likeness (QED) is 0.796. The van der Waals surface area contributed by atoms with Gasteiger partial charge in [-0.1, -0.05) is 23.7 Å². The van der Waals surface area contributed by atoms with Gasteiger partial charge in [0.2, 0.25) is 0 Å². The Morgan fingerprint density at radius 2 is 2.11 bits per heavy atom. The summed E-state index contributed by atoms with van der Waals surface area (Å²) in [6, 6.07) is 10.9. The van der Waals surface area contributed by atoms with Crippen LogP contribution in [-0.4, -0.2) is 10.9 Å². The van der Waals surface area contributed by atoms with E-state index in [1.54, 1.807) is 24.4 Å². The Morgan fingerprint density at radius 1 is 1.22 bits per heavy atom. The van der Waals surface area contributed by atoms with Crippen molar-refractivity contribution in [3.8, 4) is 0 Å². The van der Waals surface area contributed by atoms with Gasteiger partial charge in [-0.2, -0.15) is 0 Å². The van der Waals surface area contributed by atoms with Crippen molar-refractivity contribution in [1.29, 1.82) is 0 Å². The lowest BCUT2D eigenvalue weighted by atomic mass is 10.1. The highest BCUT2D eigenvalue weighted by Crippen LogP contribution is 2.34. The van der Waals surface area contributed by atoms with E-state index in [9.17, 15) is 4.79 Å². The normalized spacial score (nSPS) is 15.6. The van der Waals surface area contributed by atoms with Crippen molar-refractivity contribution in [2.45, 2.75) is 0 Å². The van der Waals surface area contributed by atoms with Crippen molar-refractivity contribution >= 4 is 34.8 Å². The van der Waals surface area contributed by atoms with Gasteiger partial charge >= 0.3 is 0 Å². The Morgan fingerprint density at radius 3 is 2.89 bits per heavy atom. The molecule has 1 aliphatic rings. The summed E-state index contributed by atoms with van der Waals surface area (Å²) in [4.78, 5) is 16.1. The highest BCUT2D eigenvalue weighted by molar-refractivity contribution is 6.36. The number of fused-ring (bicyclic) bond motifs is 1. The maximum absolute atomic E-state index is 11.9. The van der Waals surface area contributed by atoms with E-state index in [0.717, 1.165) is 16.9 Å². The first kappa shape index (κ1) is 11.0. The van der Waals surface area contributed by atoms with Crippen LogP contribution in [0.3, 0.4) is 0 Å². The van der Waals surface area contributed by atoms with E-state index < -0.39 is 0 Å². The maximum Gasteiger partial charge on any atom is 0.256 e. The third-order valence-electron chi connectivity index (χ3n) is 2.74.